The van der Waals surface area contributed by atoms with Crippen LogP contribution in [-0.4, -0.2) is 39.1 Å². The highest BCUT2D eigenvalue weighted by Gasteiger charge is 2.17. The van der Waals surface area contributed by atoms with Crippen LogP contribution < -0.4 is 0 Å². The number of aromatic amines is 1. The molecule has 0 spiro atoms. The number of hydrogen-bond donors (Lipinski definition) is 1. The number of rotatable bonds is 6. The summed E-state index contributed by atoms with van der Waals surface area (Å²) < 4.78 is 0. The van der Waals surface area contributed by atoms with Crippen molar-refractivity contribution in [2.24, 2.45) is 0 Å². The lowest BCUT2D eigenvalue weighted by atomic mass is 10.4. The van der Waals surface area contributed by atoms with E-state index in [1.807, 2.05) is 6.92 Å². The van der Waals surface area contributed by atoms with Gasteiger partial charge in [0, 0.05) is 19.5 Å². The molecule has 0 fully saturated rings. The maximum atomic E-state index is 11.9. The van der Waals surface area contributed by atoms with Gasteiger partial charge in [-0.15, -0.1) is 18.3 Å². The Kier molecular flexibility index (Phi) is 4.44. The van der Waals surface area contributed by atoms with Crippen LogP contribution in [0, 0.1) is 0 Å². The van der Waals surface area contributed by atoms with Gasteiger partial charge < -0.3 is 4.90 Å². The zero-order valence-electron chi connectivity index (χ0n) is 9.44. The van der Waals surface area contributed by atoms with Gasteiger partial charge in [-0.25, -0.2) is 4.98 Å². The lowest BCUT2D eigenvalue weighted by molar-refractivity contribution is 0.0779. The molecule has 1 aromatic rings. The molecule has 1 aromatic heterocycles. The topological polar surface area (TPSA) is 61.9 Å². The molecule has 5 nitrogen and oxygen atoms in total. The van der Waals surface area contributed by atoms with Crippen LogP contribution in [0.3, 0.4) is 0 Å². The summed E-state index contributed by atoms with van der Waals surface area (Å²) in [5.41, 5.74) is 0. The molecule has 0 saturated heterocycles. The Morgan fingerprint density at radius 2 is 2.06 bits per heavy atom. The number of nitrogens with one attached hydrogen (secondary N) is 1. The third-order valence-corrected chi connectivity index (χ3v) is 2.04. The Morgan fingerprint density at radius 1 is 1.44 bits per heavy atom. The molecule has 0 aliphatic rings. The molecular weight excluding hydrogens is 204 g/mol. The molecule has 5 heteroatoms. The molecule has 0 aliphatic carbocycles. The quantitative estimate of drug-likeness (QED) is 0.732. The minimum Gasteiger partial charge on any atom is -0.328 e. The third kappa shape index (κ3) is 2.79. The largest absolute Gasteiger partial charge is 0.328 e. The third-order valence-electron chi connectivity index (χ3n) is 2.04. The van der Waals surface area contributed by atoms with E-state index in [1.165, 1.54) is 0 Å². The van der Waals surface area contributed by atoms with Crippen molar-refractivity contribution in [1.82, 2.24) is 20.1 Å². The van der Waals surface area contributed by atoms with Gasteiger partial charge in [-0.2, -0.15) is 0 Å². The van der Waals surface area contributed by atoms with Crippen molar-refractivity contribution in [1.29, 1.82) is 0 Å². The molecule has 1 rings (SSSR count). The van der Waals surface area contributed by atoms with Gasteiger partial charge >= 0.3 is 0 Å². The molecule has 16 heavy (non-hydrogen) atoms. The van der Waals surface area contributed by atoms with Crippen molar-refractivity contribution in [3.63, 3.8) is 0 Å². The van der Waals surface area contributed by atoms with Crippen LogP contribution in [0.2, 0.25) is 0 Å². The Labute approximate surface area is 94.9 Å². The van der Waals surface area contributed by atoms with Crippen LogP contribution in [0.15, 0.2) is 25.3 Å². The summed E-state index contributed by atoms with van der Waals surface area (Å²) in [6.07, 6.45) is 4.05. The number of carbonyl (C=O) groups is 1. The van der Waals surface area contributed by atoms with E-state index in [-0.39, 0.29) is 11.7 Å². The molecule has 0 radical (unpaired) electrons. The van der Waals surface area contributed by atoms with Crippen molar-refractivity contribution >= 4 is 5.91 Å². The number of carbonyl (C=O) groups excluding carboxylic acids is 1. The zero-order valence-corrected chi connectivity index (χ0v) is 9.44. The van der Waals surface area contributed by atoms with Crippen LogP contribution in [0.4, 0.5) is 0 Å². The van der Waals surface area contributed by atoms with Crippen molar-refractivity contribution in [2.45, 2.75) is 13.3 Å². The molecule has 0 aromatic carbocycles. The summed E-state index contributed by atoms with van der Waals surface area (Å²) >= 11 is 0. The molecule has 86 valence electrons. The number of nitrogens with zero attached hydrogens (tertiary/aromatic N) is 3. The summed E-state index contributed by atoms with van der Waals surface area (Å²) in [7, 11) is 0. The fourth-order valence-corrected chi connectivity index (χ4v) is 1.24. The van der Waals surface area contributed by atoms with Crippen LogP contribution in [0.1, 0.15) is 23.4 Å². The second-order valence-corrected chi connectivity index (χ2v) is 3.25. The lowest BCUT2D eigenvalue weighted by Crippen LogP contribution is -2.32. The number of H-pyrrole nitrogens is 1. The minimum absolute atomic E-state index is 0.195. The van der Waals surface area contributed by atoms with Crippen LogP contribution in [-0.2, 0) is 6.42 Å². The predicted molar refractivity (Wildman–Crippen MR) is 62.1 cm³/mol. The molecule has 0 atom stereocenters. The van der Waals surface area contributed by atoms with Gasteiger partial charge in [-0.1, -0.05) is 19.1 Å². The number of aromatic nitrogens is 3. The van der Waals surface area contributed by atoms with E-state index in [2.05, 4.69) is 28.3 Å². The van der Waals surface area contributed by atoms with Crippen LogP contribution in [0.5, 0.6) is 0 Å². The summed E-state index contributed by atoms with van der Waals surface area (Å²) in [6.45, 7) is 10.1. The average Bonchev–Trinajstić information content (AvgIpc) is 2.76. The zero-order chi connectivity index (χ0) is 12.0. The number of hydrogen-bond acceptors (Lipinski definition) is 3. The first-order chi connectivity index (χ1) is 7.72. The van der Waals surface area contributed by atoms with E-state index >= 15 is 0 Å². The molecule has 0 unspecified atom stereocenters. The molecule has 0 bridgehead atoms. The average molecular weight is 220 g/mol. The monoisotopic (exact) mass is 220 g/mol. The highest BCUT2D eigenvalue weighted by Crippen LogP contribution is 2.00. The lowest BCUT2D eigenvalue weighted by Gasteiger charge is -2.16. The van der Waals surface area contributed by atoms with Crippen molar-refractivity contribution in [3.8, 4) is 0 Å². The highest BCUT2D eigenvalue weighted by molar-refractivity contribution is 5.90. The Hall–Kier alpha value is -1.91. The minimum atomic E-state index is -0.212. The van der Waals surface area contributed by atoms with E-state index in [9.17, 15) is 4.79 Å². The van der Waals surface area contributed by atoms with Crippen molar-refractivity contribution in [2.75, 3.05) is 13.1 Å². The second-order valence-electron chi connectivity index (χ2n) is 3.25. The summed E-state index contributed by atoms with van der Waals surface area (Å²) in [5.74, 6) is 0.691. The maximum absolute atomic E-state index is 11.9. The summed E-state index contributed by atoms with van der Waals surface area (Å²) in [6, 6.07) is 0. The van der Waals surface area contributed by atoms with Gasteiger partial charge in [-0.05, 0) is 0 Å². The normalized spacial score (nSPS) is 9.81. The first-order valence-electron chi connectivity index (χ1n) is 5.15. The Bertz CT molecular complexity index is 373. The molecule has 0 aliphatic heterocycles. The number of aryl methyl sites for hydroxylation is 1. The molecule has 0 saturated carbocycles. The van der Waals surface area contributed by atoms with Crippen molar-refractivity contribution < 1.29 is 4.79 Å². The summed E-state index contributed by atoms with van der Waals surface area (Å²) in [5, 5.41) is 6.59. The van der Waals surface area contributed by atoms with Crippen molar-refractivity contribution in [3.05, 3.63) is 37.0 Å². The smallest absolute Gasteiger partial charge is 0.294 e. The van der Waals surface area contributed by atoms with E-state index in [1.54, 1.807) is 17.1 Å². The van der Waals surface area contributed by atoms with Gasteiger partial charge in [0.15, 0.2) is 0 Å². The highest BCUT2D eigenvalue weighted by atomic mass is 16.2. The van der Waals surface area contributed by atoms with Gasteiger partial charge in [0.05, 0.1) is 0 Å². The van der Waals surface area contributed by atoms with E-state index in [0.717, 1.165) is 6.42 Å². The molecule has 1 N–H and O–H groups in total. The fourth-order valence-electron chi connectivity index (χ4n) is 1.24. The van der Waals surface area contributed by atoms with Crippen LogP contribution in [0.25, 0.3) is 0 Å². The van der Waals surface area contributed by atoms with Gasteiger partial charge in [-0.3, -0.25) is 9.89 Å². The molecule has 1 heterocycles. The fraction of sp³-hybridized carbons (Fsp3) is 0.364. The van der Waals surface area contributed by atoms with E-state index in [0.29, 0.717) is 18.9 Å². The Morgan fingerprint density at radius 3 is 2.50 bits per heavy atom. The van der Waals surface area contributed by atoms with Crippen LogP contribution >= 0.6 is 0 Å². The molecular formula is C11H16N4O. The number of amides is 1. The SMILES string of the molecule is C=CCN(CC=C)C(=O)c1n[nH]c(CC)n1. The second kappa shape index (κ2) is 5.85. The standard InChI is InChI=1S/C11H16N4O/c1-4-7-15(8-5-2)11(16)10-12-9(6-3)13-14-10/h4-5H,1-2,6-8H2,3H3,(H,12,13,14). The van der Waals surface area contributed by atoms with Gasteiger partial charge in [0.25, 0.3) is 5.91 Å². The molecule has 1 amide bonds. The Balaban J connectivity index is 2.80. The maximum Gasteiger partial charge on any atom is 0.294 e. The van der Waals surface area contributed by atoms with E-state index in [4.69, 9.17) is 0 Å². The first kappa shape index (κ1) is 12.2. The van der Waals surface area contributed by atoms with Gasteiger partial charge in [0.2, 0.25) is 5.82 Å². The van der Waals surface area contributed by atoms with E-state index < -0.39 is 0 Å². The summed E-state index contributed by atoms with van der Waals surface area (Å²) in [4.78, 5) is 17.6. The predicted octanol–water partition coefficient (Wildman–Crippen LogP) is 1.18. The first-order valence-corrected chi connectivity index (χ1v) is 5.15. The van der Waals surface area contributed by atoms with Gasteiger partial charge in [0.1, 0.15) is 5.82 Å².